The van der Waals surface area contributed by atoms with E-state index in [0.29, 0.717) is 58.9 Å². The Morgan fingerprint density at radius 3 is 0.676 bits per heavy atom. The summed E-state index contributed by atoms with van der Waals surface area (Å²) in [6.45, 7) is 13.5. The fourth-order valence-corrected chi connectivity index (χ4v) is 5.60. The minimum absolute atomic E-state index is 0.190. The Bertz CT molecular complexity index is 1570. The lowest BCUT2D eigenvalue weighted by atomic mass is 10.4. The number of nitrogens with zero attached hydrogens (tertiary/aromatic N) is 6. The van der Waals surface area contributed by atoms with Crippen LogP contribution in [-0.2, 0) is 86.0 Å². The smallest absolute Gasteiger partial charge is 0.302 e. The highest BCUT2D eigenvalue weighted by atomic mass is 35.5. The summed E-state index contributed by atoms with van der Waals surface area (Å²) in [5, 5.41) is 0.194. The van der Waals surface area contributed by atoms with Gasteiger partial charge in [0.2, 0.25) is 0 Å². The number of carbonyl (C=O) groups is 12. The van der Waals surface area contributed by atoms with Crippen molar-refractivity contribution in [1.82, 2.24) is 29.4 Å². The van der Waals surface area contributed by atoms with Gasteiger partial charge in [0.25, 0.3) is 35.4 Å². The summed E-state index contributed by atoms with van der Waals surface area (Å²) in [4.78, 5) is 142. The Kier molecular flexibility index (Phi) is 37.1. The molecule has 0 saturated heterocycles. The molecule has 0 aromatic carbocycles. The van der Waals surface area contributed by atoms with Crippen LogP contribution in [0.5, 0.6) is 0 Å². The molecule has 3 aliphatic heterocycles. The lowest BCUT2D eigenvalue weighted by Crippen LogP contribution is -2.41. The highest BCUT2D eigenvalue weighted by Gasteiger charge is 2.26. The molecule has 0 bridgehead atoms. The number of esters is 6. The van der Waals surface area contributed by atoms with Crippen LogP contribution in [0.3, 0.4) is 0 Å². The number of halogens is 3. The molecular formula is C44H65Cl2FN6O18. The van der Waals surface area contributed by atoms with Gasteiger partial charge in [-0.3, -0.25) is 91.3 Å². The summed E-state index contributed by atoms with van der Waals surface area (Å²) < 4.78 is 44.7. The molecule has 0 fully saturated rings. The van der Waals surface area contributed by atoms with Crippen LogP contribution in [-0.4, -0.2) is 231 Å². The van der Waals surface area contributed by atoms with Crippen LogP contribution < -0.4 is 0 Å². The van der Waals surface area contributed by atoms with E-state index in [2.05, 4.69) is 0 Å². The van der Waals surface area contributed by atoms with Gasteiger partial charge in [-0.15, -0.1) is 23.2 Å². The van der Waals surface area contributed by atoms with Crippen LogP contribution in [0.25, 0.3) is 0 Å². The number of carbonyl (C=O) groups excluding carboxylic acids is 12. The zero-order chi connectivity index (χ0) is 55.0. The molecular weight excluding hydrogens is 990 g/mol. The highest BCUT2D eigenvalue weighted by molar-refractivity contribution is 6.40. The number of rotatable bonds is 27. The first kappa shape index (κ1) is 64.9. The van der Waals surface area contributed by atoms with Gasteiger partial charge in [-0.25, -0.2) is 0 Å². The molecule has 27 heteroatoms. The summed E-state index contributed by atoms with van der Waals surface area (Å²) in [6, 6.07) is 0. The minimum Gasteiger partial charge on any atom is -0.465 e. The third kappa shape index (κ3) is 34.7. The first-order valence-corrected chi connectivity index (χ1v) is 22.6. The maximum Gasteiger partial charge on any atom is 0.302 e. The molecule has 0 N–H and O–H groups in total. The topological polar surface area (TPSA) is 280 Å². The van der Waals surface area contributed by atoms with E-state index >= 15 is 0 Å². The van der Waals surface area contributed by atoms with Crippen LogP contribution in [0, 0.1) is 0 Å². The minimum atomic E-state index is -1.00. The number of ether oxygens (including phenoxy) is 6. The first-order valence-electron chi connectivity index (χ1n) is 22.3. The molecule has 3 rings (SSSR count). The summed E-state index contributed by atoms with van der Waals surface area (Å²) in [5.74, 6) is -4.34. The van der Waals surface area contributed by atoms with Crippen molar-refractivity contribution in [2.45, 2.75) is 41.5 Å². The second kappa shape index (κ2) is 40.6. The number of imide groups is 3. The van der Waals surface area contributed by atoms with Crippen molar-refractivity contribution in [2.75, 3.05) is 131 Å². The zero-order valence-electron chi connectivity index (χ0n) is 41.8. The summed E-state index contributed by atoms with van der Waals surface area (Å²) >= 11 is 9.53. The van der Waals surface area contributed by atoms with Crippen molar-refractivity contribution in [3.63, 3.8) is 0 Å². The Hall–Kier alpha value is -6.15. The third-order valence-corrected chi connectivity index (χ3v) is 8.90. The van der Waals surface area contributed by atoms with E-state index in [9.17, 15) is 61.9 Å². The average Bonchev–Trinajstić information content (AvgIpc) is 3.91. The Labute approximate surface area is 423 Å². The fourth-order valence-electron chi connectivity index (χ4n) is 5.60. The van der Waals surface area contributed by atoms with Crippen molar-refractivity contribution < 1.29 is 91.7 Å². The van der Waals surface area contributed by atoms with Gasteiger partial charge in [0.15, 0.2) is 0 Å². The molecule has 0 spiro atoms. The summed E-state index contributed by atoms with van der Waals surface area (Å²) in [6.07, 6.45) is 7.36. The Morgan fingerprint density at radius 1 is 0.408 bits per heavy atom. The molecule has 0 unspecified atom stereocenters. The molecule has 0 aromatic heterocycles. The monoisotopic (exact) mass is 1060 g/mol. The van der Waals surface area contributed by atoms with E-state index < -0.39 is 7.15 Å². The van der Waals surface area contributed by atoms with Crippen LogP contribution in [0.15, 0.2) is 36.5 Å². The molecule has 400 valence electrons. The highest BCUT2D eigenvalue weighted by Crippen LogP contribution is 2.06. The van der Waals surface area contributed by atoms with Crippen molar-refractivity contribution in [2.24, 2.45) is 0 Å². The van der Waals surface area contributed by atoms with E-state index in [1.165, 1.54) is 78.0 Å². The van der Waals surface area contributed by atoms with E-state index in [1.54, 1.807) is 0 Å². The van der Waals surface area contributed by atoms with Crippen LogP contribution in [0.4, 0.5) is 4.39 Å². The van der Waals surface area contributed by atoms with Gasteiger partial charge in [-0.2, -0.15) is 0 Å². The van der Waals surface area contributed by atoms with Crippen molar-refractivity contribution >= 4 is 94.5 Å². The average molecular weight is 1060 g/mol. The van der Waals surface area contributed by atoms with E-state index in [0.717, 1.165) is 14.7 Å². The SMILES string of the molecule is CC(=O)OCCN(CCOC(C)=O)CCN1C(=O)C=CC1=O.CC(=O)OCCN(CCOC(C)=O)CCN1C(=O)C=CC1=O.CC(=O)OCCN(CCOC(C)=O)CCN1C(=O)C=CC1=O.ClCCl.[2H]CF. The predicted octanol–water partition coefficient (Wildman–Crippen LogP) is 0.0260. The van der Waals surface area contributed by atoms with E-state index in [1.807, 2.05) is 14.7 Å². The maximum atomic E-state index is 11.5. The molecule has 0 aromatic rings. The van der Waals surface area contributed by atoms with Crippen LogP contribution in [0.2, 0.25) is 0 Å². The lowest BCUT2D eigenvalue weighted by molar-refractivity contribution is -0.143. The van der Waals surface area contributed by atoms with Crippen LogP contribution in [0.1, 0.15) is 42.9 Å². The van der Waals surface area contributed by atoms with Gasteiger partial charge < -0.3 is 28.4 Å². The number of alkyl halides is 3. The largest absolute Gasteiger partial charge is 0.465 e. The van der Waals surface area contributed by atoms with Gasteiger partial charge in [-0.05, 0) is 0 Å². The fraction of sp³-hybridized carbons (Fsp3) is 0.591. The maximum absolute atomic E-state index is 11.5. The second-order valence-corrected chi connectivity index (χ2v) is 15.0. The zero-order valence-corrected chi connectivity index (χ0v) is 42.3. The Morgan fingerprint density at radius 2 is 0.549 bits per heavy atom. The molecule has 6 amide bonds. The molecule has 71 heavy (non-hydrogen) atoms. The molecule has 24 nitrogen and oxygen atoms in total. The predicted molar refractivity (Wildman–Crippen MR) is 250 cm³/mol. The number of hydrogen-bond acceptors (Lipinski definition) is 21. The third-order valence-electron chi connectivity index (χ3n) is 8.90. The quantitative estimate of drug-likeness (QED) is 0.0454. The molecule has 3 heterocycles. The first-order chi connectivity index (χ1) is 34.0. The van der Waals surface area contributed by atoms with Crippen LogP contribution >= 0.6 is 23.2 Å². The van der Waals surface area contributed by atoms with Gasteiger partial charge in [-0.1, -0.05) is 0 Å². The standard InChI is InChI=1S/3C14H20N2O6.CH2Cl2.CH3F/c3*1-11(17)21-9-7-15(8-10-22-12(2)18)5-6-16-13(19)3-4-14(16)20;2-1-3;1-2/h3*3-4H,5-10H2,1-2H3;1H2;1H3/i;;;;1D. The van der Waals surface area contributed by atoms with Crippen molar-refractivity contribution in [1.29, 1.82) is 0 Å². The summed E-state index contributed by atoms with van der Waals surface area (Å²) in [5.41, 5.74) is 0. The molecule has 0 radical (unpaired) electrons. The van der Waals surface area contributed by atoms with Gasteiger partial charge in [0.05, 0.1) is 13.9 Å². The number of hydrogen-bond donors (Lipinski definition) is 0. The lowest BCUT2D eigenvalue weighted by Gasteiger charge is -2.24. The van der Waals surface area contributed by atoms with Crippen molar-refractivity contribution in [3.05, 3.63) is 36.5 Å². The van der Waals surface area contributed by atoms with Gasteiger partial charge in [0.1, 0.15) is 39.6 Å². The van der Waals surface area contributed by atoms with E-state index in [4.69, 9.17) is 53.0 Å². The molecule has 0 atom stereocenters. The van der Waals surface area contributed by atoms with Crippen molar-refractivity contribution in [3.8, 4) is 0 Å². The van der Waals surface area contributed by atoms with Gasteiger partial charge in [0, 0.05) is 157 Å². The van der Waals surface area contributed by atoms with E-state index in [-0.39, 0.29) is 136 Å². The second-order valence-electron chi connectivity index (χ2n) is 14.2. The molecule has 0 saturated carbocycles. The molecule has 0 aliphatic carbocycles. The van der Waals surface area contributed by atoms with Gasteiger partial charge >= 0.3 is 35.8 Å². The normalized spacial score (nSPS) is 13.4. The molecule has 3 aliphatic rings. The number of amides is 6. The summed E-state index contributed by atoms with van der Waals surface area (Å²) in [7, 11) is -1.00. The Balaban J connectivity index is 0.